The lowest BCUT2D eigenvalue weighted by atomic mass is 9.85. The topological polar surface area (TPSA) is 113 Å². The van der Waals surface area contributed by atoms with E-state index in [1.165, 1.54) is 35.5 Å². The van der Waals surface area contributed by atoms with Gasteiger partial charge in [0.25, 0.3) is 0 Å². The second-order valence-corrected chi connectivity index (χ2v) is 9.85. The minimum atomic E-state index is -3.63. The molecule has 1 N–H and O–H groups in total. The summed E-state index contributed by atoms with van der Waals surface area (Å²) in [6.07, 6.45) is 4.82. The van der Waals surface area contributed by atoms with Crippen LogP contribution in [0.1, 0.15) is 19.8 Å². The summed E-state index contributed by atoms with van der Waals surface area (Å²) in [5.41, 5.74) is 0.385. The van der Waals surface area contributed by atoms with Gasteiger partial charge >= 0.3 is 0 Å². The Balaban J connectivity index is 1.43. The first kappa shape index (κ1) is 21.7. The number of morpholine rings is 1. The summed E-state index contributed by atoms with van der Waals surface area (Å²) < 4.78 is 32.0. The number of nitrogens with zero attached hydrogens (tertiary/aromatic N) is 2. The molecule has 0 radical (unpaired) electrons. The molecule has 0 spiro atoms. The summed E-state index contributed by atoms with van der Waals surface area (Å²) in [7, 11) is -3.63. The van der Waals surface area contributed by atoms with E-state index in [0.29, 0.717) is 44.8 Å². The molecule has 31 heavy (non-hydrogen) atoms. The number of benzene rings is 1. The molecule has 2 aliphatic heterocycles. The fourth-order valence-corrected chi connectivity index (χ4v) is 5.63. The van der Waals surface area contributed by atoms with E-state index in [-0.39, 0.29) is 16.7 Å². The van der Waals surface area contributed by atoms with Crippen molar-refractivity contribution in [1.29, 1.82) is 0 Å². The van der Waals surface area contributed by atoms with Crippen molar-refractivity contribution in [3.8, 4) is 0 Å². The molecule has 4 rings (SSSR count). The molecule has 3 atom stereocenters. The zero-order chi connectivity index (χ0) is 22.2. The number of imide groups is 1. The van der Waals surface area contributed by atoms with E-state index in [0.717, 1.165) is 4.90 Å². The summed E-state index contributed by atoms with van der Waals surface area (Å²) in [6.45, 7) is 2.84. The molecule has 3 amide bonds. The van der Waals surface area contributed by atoms with Crippen LogP contribution < -0.4 is 5.32 Å². The first-order valence-electron chi connectivity index (χ1n) is 10.3. The van der Waals surface area contributed by atoms with E-state index in [9.17, 15) is 22.8 Å². The molecular weight excluding hydrogens is 422 g/mol. The van der Waals surface area contributed by atoms with Gasteiger partial charge in [-0.05, 0) is 44.0 Å². The zero-order valence-corrected chi connectivity index (χ0v) is 18.0. The fraction of sp³-hybridized carbons (Fsp3) is 0.476. The molecule has 0 saturated carbocycles. The van der Waals surface area contributed by atoms with Crippen LogP contribution in [0, 0.1) is 11.8 Å². The number of nitrogens with one attached hydrogen (secondary N) is 1. The Morgan fingerprint density at radius 3 is 2.13 bits per heavy atom. The molecule has 166 valence electrons. The third-order valence-corrected chi connectivity index (χ3v) is 7.95. The number of rotatable bonds is 5. The van der Waals surface area contributed by atoms with Crippen molar-refractivity contribution in [2.75, 3.05) is 31.6 Å². The summed E-state index contributed by atoms with van der Waals surface area (Å²) in [6, 6.07) is 4.89. The van der Waals surface area contributed by atoms with Gasteiger partial charge < -0.3 is 10.1 Å². The highest BCUT2D eigenvalue weighted by Crippen LogP contribution is 2.36. The maximum Gasteiger partial charge on any atom is 0.247 e. The number of likely N-dealkylation sites (tertiary alicyclic amines) is 1. The van der Waals surface area contributed by atoms with E-state index in [4.69, 9.17) is 4.74 Å². The number of anilines is 1. The molecule has 2 fully saturated rings. The summed E-state index contributed by atoms with van der Waals surface area (Å²) in [5.74, 6) is -1.91. The number of hydrogen-bond donors (Lipinski definition) is 1. The fourth-order valence-electron chi connectivity index (χ4n) is 4.22. The van der Waals surface area contributed by atoms with Crippen LogP contribution in [0.25, 0.3) is 0 Å². The van der Waals surface area contributed by atoms with E-state index in [1.807, 2.05) is 12.2 Å². The highest BCUT2D eigenvalue weighted by molar-refractivity contribution is 7.89. The minimum absolute atomic E-state index is 0.127. The van der Waals surface area contributed by atoms with Crippen molar-refractivity contribution < 1.29 is 27.5 Å². The number of carbonyl (C=O) groups excluding carboxylic acids is 3. The summed E-state index contributed by atoms with van der Waals surface area (Å²) in [4.78, 5) is 39.2. The lowest BCUT2D eigenvalue weighted by molar-refractivity contribution is -0.146. The third kappa shape index (κ3) is 4.02. The molecule has 0 aromatic heterocycles. The van der Waals surface area contributed by atoms with Gasteiger partial charge in [-0.2, -0.15) is 4.31 Å². The van der Waals surface area contributed by atoms with E-state index < -0.39 is 33.8 Å². The van der Waals surface area contributed by atoms with Gasteiger partial charge in [-0.15, -0.1) is 0 Å². The Morgan fingerprint density at radius 2 is 1.58 bits per heavy atom. The van der Waals surface area contributed by atoms with Crippen LogP contribution in [0.15, 0.2) is 41.3 Å². The Hall–Kier alpha value is -2.56. The SMILES string of the molecule is C[C@@H](C(=O)Nc1ccc(S(=O)(=O)N2CCOCC2)cc1)N1C(=O)C2CC=CCC2C1=O. The lowest BCUT2D eigenvalue weighted by Gasteiger charge is -2.26. The molecule has 1 aromatic rings. The Kier molecular flexibility index (Phi) is 5.96. The van der Waals surface area contributed by atoms with Crippen molar-refractivity contribution in [2.24, 2.45) is 11.8 Å². The van der Waals surface area contributed by atoms with E-state index >= 15 is 0 Å². The van der Waals surface area contributed by atoms with Gasteiger partial charge in [-0.3, -0.25) is 19.3 Å². The van der Waals surface area contributed by atoms with Gasteiger partial charge in [0.05, 0.1) is 29.9 Å². The molecule has 2 unspecified atom stereocenters. The second kappa shape index (κ2) is 8.52. The maximum atomic E-state index is 12.7. The van der Waals surface area contributed by atoms with Crippen molar-refractivity contribution in [2.45, 2.75) is 30.7 Å². The van der Waals surface area contributed by atoms with Crippen LogP contribution in [-0.4, -0.2) is 67.7 Å². The quantitative estimate of drug-likeness (QED) is 0.532. The van der Waals surface area contributed by atoms with Crippen molar-refractivity contribution in [1.82, 2.24) is 9.21 Å². The normalized spacial score (nSPS) is 25.4. The van der Waals surface area contributed by atoms with Crippen LogP contribution in [0.5, 0.6) is 0 Å². The van der Waals surface area contributed by atoms with Crippen molar-refractivity contribution in [3.63, 3.8) is 0 Å². The number of sulfonamides is 1. The minimum Gasteiger partial charge on any atom is -0.379 e. The Bertz CT molecular complexity index is 988. The second-order valence-electron chi connectivity index (χ2n) is 7.91. The van der Waals surface area contributed by atoms with E-state index in [2.05, 4.69) is 5.32 Å². The van der Waals surface area contributed by atoms with E-state index in [1.54, 1.807) is 0 Å². The Labute approximate surface area is 181 Å². The number of hydrogen-bond acceptors (Lipinski definition) is 6. The molecular formula is C21H25N3O6S. The lowest BCUT2D eigenvalue weighted by Crippen LogP contribution is -2.46. The van der Waals surface area contributed by atoms with Gasteiger partial charge in [0.15, 0.2) is 0 Å². The molecule has 2 heterocycles. The molecule has 1 aliphatic carbocycles. The Morgan fingerprint density at radius 1 is 1.03 bits per heavy atom. The highest BCUT2D eigenvalue weighted by Gasteiger charge is 2.50. The van der Waals surface area contributed by atoms with Gasteiger partial charge in [0, 0.05) is 18.8 Å². The molecule has 3 aliphatic rings. The summed E-state index contributed by atoms with van der Waals surface area (Å²) in [5, 5.41) is 2.67. The van der Waals surface area contributed by atoms with Gasteiger partial charge in [0.2, 0.25) is 27.7 Å². The summed E-state index contributed by atoms with van der Waals surface area (Å²) >= 11 is 0. The van der Waals surface area contributed by atoms with Crippen LogP contribution in [0.3, 0.4) is 0 Å². The maximum absolute atomic E-state index is 12.7. The van der Waals surface area contributed by atoms with Crippen molar-refractivity contribution in [3.05, 3.63) is 36.4 Å². The standard InChI is InChI=1S/C21H25N3O6S/c1-14(24-20(26)17-4-2-3-5-18(17)21(24)27)19(25)22-15-6-8-16(9-7-15)31(28,29)23-10-12-30-13-11-23/h2-3,6-9,14,17-18H,4-5,10-13H2,1H3,(H,22,25)/t14-,17?,18?/m0/s1. The van der Waals surface area contributed by atoms with Crippen LogP contribution in [0.2, 0.25) is 0 Å². The number of amides is 3. The predicted octanol–water partition coefficient (Wildman–Crippen LogP) is 0.986. The molecule has 10 heteroatoms. The number of fused-ring (bicyclic) bond motifs is 1. The average molecular weight is 448 g/mol. The first-order chi connectivity index (χ1) is 14.8. The zero-order valence-electron chi connectivity index (χ0n) is 17.2. The van der Waals surface area contributed by atoms with Crippen LogP contribution >= 0.6 is 0 Å². The number of carbonyl (C=O) groups is 3. The largest absolute Gasteiger partial charge is 0.379 e. The highest BCUT2D eigenvalue weighted by atomic mass is 32.2. The van der Waals surface area contributed by atoms with Crippen molar-refractivity contribution >= 4 is 33.4 Å². The number of allylic oxidation sites excluding steroid dienone is 2. The molecule has 2 saturated heterocycles. The smallest absolute Gasteiger partial charge is 0.247 e. The molecule has 9 nitrogen and oxygen atoms in total. The predicted molar refractivity (Wildman–Crippen MR) is 111 cm³/mol. The monoisotopic (exact) mass is 447 g/mol. The third-order valence-electron chi connectivity index (χ3n) is 6.04. The van der Waals surface area contributed by atoms with Crippen LogP contribution in [0.4, 0.5) is 5.69 Å². The molecule has 1 aromatic carbocycles. The van der Waals surface area contributed by atoms with Gasteiger partial charge in [-0.1, -0.05) is 12.2 Å². The average Bonchev–Trinajstić information content (AvgIpc) is 3.04. The molecule has 0 bridgehead atoms. The van der Waals surface area contributed by atoms with Gasteiger partial charge in [0.1, 0.15) is 6.04 Å². The number of ether oxygens (including phenoxy) is 1. The van der Waals surface area contributed by atoms with Crippen LogP contribution in [-0.2, 0) is 29.1 Å². The first-order valence-corrected chi connectivity index (χ1v) is 11.8. The van der Waals surface area contributed by atoms with Gasteiger partial charge in [-0.25, -0.2) is 8.42 Å².